The second kappa shape index (κ2) is 11.6. The topological polar surface area (TPSA) is 137 Å². The molecule has 0 spiro atoms. The minimum Gasteiger partial charge on any atom is -0.444 e. The number of piperazine rings is 1. The lowest BCUT2D eigenvalue weighted by molar-refractivity contribution is -0.129. The lowest BCUT2D eigenvalue weighted by Gasteiger charge is -2.60. The van der Waals surface area contributed by atoms with E-state index in [-0.39, 0.29) is 40.6 Å². The molecular formula is C37H44ClN7O4. The number of ether oxygens (including phenoxy) is 1. The molecule has 0 radical (unpaired) electrons. The molecule has 3 aromatic rings. The lowest BCUT2D eigenvalue weighted by Crippen LogP contribution is -2.61. The number of nitrogens with one attached hydrogen (secondary N) is 2. The van der Waals surface area contributed by atoms with Crippen molar-refractivity contribution in [3.05, 3.63) is 41.3 Å². The molecule has 1 saturated heterocycles. The lowest BCUT2D eigenvalue weighted by atomic mass is 9.49. The van der Waals surface area contributed by atoms with Crippen LogP contribution in [0.5, 0.6) is 0 Å². The van der Waals surface area contributed by atoms with Crippen LogP contribution in [0.3, 0.4) is 0 Å². The summed E-state index contributed by atoms with van der Waals surface area (Å²) in [5.74, 6) is 8.65. The summed E-state index contributed by atoms with van der Waals surface area (Å²) in [6, 6.07) is 7.39. The van der Waals surface area contributed by atoms with Crippen LogP contribution in [0.25, 0.3) is 10.9 Å². The fraction of sp³-hybridized carbons (Fsp3) is 0.595. The summed E-state index contributed by atoms with van der Waals surface area (Å²) in [6.07, 6.45) is 6.52. The summed E-state index contributed by atoms with van der Waals surface area (Å²) in [7, 11) is 0. The molecule has 11 nitrogen and oxygen atoms in total. The predicted molar refractivity (Wildman–Crippen MR) is 186 cm³/mol. The summed E-state index contributed by atoms with van der Waals surface area (Å²) in [5.41, 5.74) is 0.740. The van der Waals surface area contributed by atoms with Gasteiger partial charge in [-0.15, -0.1) is 11.6 Å². The van der Waals surface area contributed by atoms with E-state index in [2.05, 4.69) is 27.4 Å². The van der Waals surface area contributed by atoms with Gasteiger partial charge in [0, 0.05) is 71.0 Å². The number of alkyl halides is 1. The molecule has 3 atom stereocenters. The molecule has 12 heteroatoms. The van der Waals surface area contributed by atoms with E-state index in [1.807, 2.05) is 52.0 Å². The number of anilines is 2. The van der Waals surface area contributed by atoms with Crippen LogP contribution in [-0.4, -0.2) is 88.8 Å². The van der Waals surface area contributed by atoms with E-state index in [9.17, 15) is 14.7 Å². The Labute approximate surface area is 291 Å². The van der Waals surface area contributed by atoms with Gasteiger partial charge in [-0.1, -0.05) is 11.8 Å². The van der Waals surface area contributed by atoms with E-state index >= 15 is 0 Å². The van der Waals surface area contributed by atoms with E-state index in [1.54, 1.807) is 9.80 Å². The number of hydrogen-bond acceptors (Lipinski definition) is 8. The highest BCUT2D eigenvalue weighted by atomic mass is 35.5. The van der Waals surface area contributed by atoms with Crippen molar-refractivity contribution >= 4 is 46.1 Å². The Balaban J connectivity index is 1.08. The summed E-state index contributed by atoms with van der Waals surface area (Å²) >= 11 is 6.94. The van der Waals surface area contributed by atoms with E-state index in [0.29, 0.717) is 54.0 Å². The highest BCUT2D eigenvalue weighted by Crippen LogP contribution is 2.62. The van der Waals surface area contributed by atoms with Gasteiger partial charge < -0.3 is 25.0 Å². The number of aromatic amines is 1. The molecule has 3 N–H and O–H groups in total. The zero-order chi connectivity index (χ0) is 34.3. The number of nitrogens with zero attached hydrogens (tertiary/aromatic N) is 5. The van der Waals surface area contributed by atoms with Gasteiger partial charge in [0.05, 0.1) is 5.52 Å². The number of aliphatic hydroxyl groups is 1. The Kier molecular flexibility index (Phi) is 7.65. The van der Waals surface area contributed by atoms with Crippen LogP contribution in [0.1, 0.15) is 100 Å². The van der Waals surface area contributed by atoms with Crippen molar-refractivity contribution in [2.24, 2.45) is 17.8 Å². The Morgan fingerprint density at radius 2 is 1.86 bits per heavy atom. The molecule has 4 bridgehead atoms. The van der Waals surface area contributed by atoms with Crippen LogP contribution in [0, 0.1) is 29.6 Å². The smallest absolute Gasteiger partial charge is 0.410 e. The zero-order valence-electron chi connectivity index (χ0n) is 28.6. The number of rotatable bonds is 4. The molecular weight excluding hydrogens is 642 g/mol. The van der Waals surface area contributed by atoms with Crippen molar-refractivity contribution < 1.29 is 19.4 Å². The maximum Gasteiger partial charge on any atom is 0.410 e. The van der Waals surface area contributed by atoms with Gasteiger partial charge >= 0.3 is 6.09 Å². The Morgan fingerprint density at radius 3 is 2.53 bits per heavy atom. The van der Waals surface area contributed by atoms with E-state index in [1.165, 1.54) is 0 Å². The molecule has 5 aliphatic carbocycles. The quantitative estimate of drug-likeness (QED) is 0.226. The third-order valence-corrected chi connectivity index (χ3v) is 11.5. The fourth-order valence-electron chi connectivity index (χ4n) is 8.66. The number of aromatic nitrogens is 4. The van der Waals surface area contributed by atoms with Crippen molar-refractivity contribution in [2.75, 3.05) is 25.0 Å². The number of H-pyrrole nitrogens is 1. The van der Waals surface area contributed by atoms with Gasteiger partial charge in [-0.25, -0.2) is 14.8 Å². The monoisotopic (exact) mass is 685 g/mol. The van der Waals surface area contributed by atoms with Gasteiger partial charge in [-0.2, -0.15) is 5.10 Å². The summed E-state index contributed by atoms with van der Waals surface area (Å²) < 4.78 is 5.58. The number of amides is 2. The first kappa shape index (κ1) is 32.3. The van der Waals surface area contributed by atoms with Crippen molar-refractivity contribution in [3.63, 3.8) is 0 Å². The number of halogens is 1. The second-order valence-corrected chi connectivity index (χ2v) is 16.9. The van der Waals surface area contributed by atoms with Crippen LogP contribution in [-0.2, 0) is 4.74 Å². The second-order valence-electron chi connectivity index (χ2n) is 16.1. The minimum atomic E-state index is -1.04. The first-order chi connectivity index (χ1) is 23.2. The van der Waals surface area contributed by atoms with Crippen LogP contribution >= 0.6 is 11.6 Å². The average Bonchev–Trinajstić information content (AvgIpc) is 3.78. The van der Waals surface area contributed by atoms with E-state index < -0.39 is 11.2 Å². The fourth-order valence-corrected chi connectivity index (χ4v) is 9.25. The third kappa shape index (κ3) is 6.23. The van der Waals surface area contributed by atoms with Crippen molar-refractivity contribution in [3.8, 4) is 11.8 Å². The van der Waals surface area contributed by atoms with Crippen molar-refractivity contribution in [1.29, 1.82) is 0 Å². The van der Waals surface area contributed by atoms with E-state index in [4.69, 9.17) is 26.3 Å². The van der Waals surface area contributed by atoms with Crippen molar-refractivity contribution in [2.45, 2.75) is 101 Å². The number of carbonyl (C=O) groups excluding carboxylic acids is 2. The molecule has 1 aliphatic heterocycles. The summed E-state index contributed by atoms with van der Waals surface area (Å²) in [5, 5.41) is 23.5. The molecule has 2 unspecified atom stereocenters. The maximum atomic E-state index is 13.9. The third-order valence-electron chi connectivity index (χ3n) is 11.1. The Morgan fingerprint density at radius 1 is 1.10 bits per heavy atom. The van der Waals surface area contributed by atoms with Gasteiger partial charge in [-0.3, -0.25) is 9.89 Å². The number of carbonyl (C=O) groups is 2. The van der Waals surface area contributed by atoms with Gasteiger partial charge in [0.2, 0.25) is 5.82 Å². The molecule has 9 rings (SSSR count). The van der Waals surface area contributed by atoms with Gasteiger partial charge in [0.15, 0.2) is 5.82 Å². The molecule has 3 heterocycles. The minimum absolute atomic E-state index is 0.0580. The first-order valence-electron chi connectivity index (χ1n) is 17.6. The number of hydrogen-bond donors (Lipinski definition) is 3. The maximum absolute atomic E-state index is 13.9. The summed E-state index contributed by atoms with van der Waals surface area (Å²) in [4.78, 5) is 39.3. The SMILES string of the molecule is C[C@@H]1CN(C(=O)c2nc(Nc3cc(C4CC4)[nH]n3)c3cc(C#CC4(O)C5CC6CC4CC(Cl)(C6)C5)ccc3n2)CCN1C(=O)OC(C)(C)C. The van der Waals surface area contributed by atoms with Crippen LogP contribution in [0.15, 0.2) is 24.3 Å². The Hall–Kier alpha value is -3.88. The van der Waals surface area contributed by atoms with Gasteiger partial charge in [0.1, 0.15) is 17.0 Å². The van der Waals surface area contributed by atoms with Crippen molar-refractivity contribution in [1.82, 2.24) is 30.0 Å². The van der Waals surface area contributed by atoms with E-state index in [0.717, 1.165) is 56.2 Å². The van der Waals surface area contributed by atoms with Crippen LogP contribution in [0.2, 0.25) is 0 Å². The molecule has 6 fully saturated rings. The zero-order valence-corrected chi connectivity index (χ0v) is 29.3. The first-order valence-corrected chi connectivity index (χ1v) is 18.0. The average molecular weight is 686 g/mol. The highest BCUT2D eigenvalue weighted by molar-refractivity contribution is 6.24. The van der Waals surface area contributed by atoms with Crippen LogP contribution in [0.4, 0.5) is 16.4 Å². The normalized spacial score (nSPS) is 30.7. The largest absolute Gasteiger partial charge is 0.444 e. The molecule has 258 valence electrons. The molecule has 6 aliphatic rings. The molecule has 2 aromatic heterocycles. The number of fused-ring (bicyclic) bond motifs is 1. The van der Waals surface area contributed by atoms with Crippen LogP contribution < -0.4 is 5.32 Å². The molecule has 49 heavy (non-hydrogen) atoms. The molecule has 2 amide bonds. The summed E-state index contributed by atoms with van der Waals surface area (Å²) in [6.45, 7) is 8.43. The highest BCUT2D eigenvalue weighted by Gasteiger charge is 2.61. The number of benzene rings is 1. The standard InChI is InChI=1S/C37H44ClN7O4/c1-21-20-44(11-12-45(21)34(47)49-35(2,3)4)33(46)32-39-28-8-5-22(9-10-37(48)25-13-23-14-26(37)19-36(38,17-23)18-25)15-27(28)31(41-32)40-30-16-29(42-43-30)24-6-7-24/h5,8,15-16,21,23-26,48H,6-7,11-14,17-20H2,1-4H3,(H2,39,40,41,42,43)/t21-,23?,25?,26?,36?,37?/m1/s1. The predicted octanol–water partition coefficient (Wildman–Crippen LogP) is 5.96. The Bertz CT molecular complexity index is 1870. The van der Waals surface area contributed by atoms with Gasteiger partial charge in [-0.05, 0) is 96.8 Å². The molecule has 1 aromatic carbocycles. The van der Waals surface area contributed by atoms with Gasteiger partial charge in [0.25, 0.3) is 5.91 Å². The molecule has 5 saturated carbocycles.